The molecule has 0 aliphatic carbocycles. The summed E-state index contributed by atoms with van der Waals surface area (Å²) >= 11 is 0. The molecule has 0 saturated carbocycles. The van der Waals surface area contributed by atoms with Crippen molar-refractivity contribution >= 4 is 11.9 Å². The smallest absolute Gasteiger partial charge is 0.258 e. The van der Waals surface area contributed by atoms with Gasteiger partial charge < -0.3 is 4.74 Å². The highest BCUT2D eigenvalue weighted by molar-refractivity contribution is 6.03. The molecule has 0 aliphatic heterocycles. The van der Waals surface area contributed by atoms with Crippen molar-refractivity contribution in [3.63, 3.8) is 0 Å². The number of amides is 1. The van der Waals surface area contributed by atoms with E-state index >= 15 is 0 Å². The Morgan fingerprint density at radius 1 is 1.41 bits per heavy atom. The summed E-state index contributed by atoms with van der Waals surface area (Å²) in [5.74, 6) is 1.33. The van der Waals surface area contributed by atoms with E-state index in [1.807, 2.05) is 27.7 Å². The zero-order chi connectivity index (χ0) is 16.1. The molecule has 22 heavy (non-hydrogen) atoms. The van der Waals surface area contributed by atoms with Crippen molar-refractivity contribution in [2.45, 2.75) is 46.1 Å². The van der Waals surface area contributed by atoms with Crippen LogP contribution < -0.4 is 10.1 Å². The van der Waals surface area contributed by atoms with Crippen LogP contribution in [0.1, 0.15) is 56.2 Å². The molecule has 2 aromatic rings. The standard InChI is InChI=1S/C15H21N5O2/c1-5-10(4)22-12-8-11(6-7-16-12)14(21)18-15-17-13(9(2)3)19-20-15/h6-10H,5H2,1-4H3,(H2,17,18,19,20,21)/t10-/m0/s1. The Kier molecular flexibility index (Phi) is 5.08. The van der Waals surface area contributed by atoms with E-state index in [1.165, 1.54) is 0 Å². The van der Waals surface area contributed by atoms with Crippen LogP contribution in [0, 0.1) is 0 Å². The van der Waals surface area contributed by atoms with E-state index in [-0.39, 0.29) is 23.9 Å². The van der Waals surface area contributed by atoms with Gasteiger partial charge in [0.05, 0.1) is 6.10 Å². The van der Waals surface area contributed by atoms with Gasteiger partial charge in [0.1, 0.15) is 5.82 Å². The number of pyridine rings is 1. The quantitative estimate of drug-likeness (QED) is 0.856. The average molecular weight is 303 g/mol. The van der Waals surface area contributed by atoms with E-state index in [0.29, 0.717) is 11.4 Å². The normalized spacial score (nSPS) is 12.2. The molecule has 118 valence electrons. The fraction of sp³-hybridized carbons (Fsp3) is 0.467. The van der Waals surface area contributed by atoms with E-state index in [9.17, 15) is 4.79 Å². The maximum atomic E-state index is 12.2. The Balaban J connectivity index is 2.07. The zero-order valence-electron chi connectivity index (χ0n) is 13.3. The molecule has 2 N–H and O–H groups in total. The molecule has 2 aromatic heterocycles. The third kappa shape index (κ3) is 4.03. The third-order valence-electron chi connectivity index (χ3n) is 3.17. The second kappa shape index (κ2) is 7.02. The van der Waals surface area contributed by atoms with Gasteiger partial charge in [-0.2, -0.15) is 4.98 Å². The summed E-state index contributed by atoms with van der Waals surface area (Å²) in [4.78, 5) is 20.5. The highest BCUT2D eigenvalue weighted by atomic mass is 16.5. The van der Waals surface area contributed by atoms with Gasteiger partial charge in [-0.3, -0.25) is 15.2 Å². The third-order valence-corrected chi connectivity index (χ3v) is 3.17. The van der Waals surface area contributed by atoms with Crippen molar-refractivity contribution < 1.29 is 9.53 Å². The lowest BCUT2D eigenvalue weighted by Crippen LogP contribution is -2.15. The highest BCUT2D eigenvalue weighted by Crippen LogP contribution is 2.14. The fourth-order valence-electron chi connectivity index (χ4n) is 1.67. The Morgan fingerprint density at radius 3 is 2.82 bits per heavy atom. The lowest BCUT2D eigenvalue weighted by Gasteiger charge is -2.11. The van der Waals surface area contributed by atoms with Crippen molar-refractivity contribution in [2.75, 3.05) is 5.32 Å². The van der Waals surface area contributed by atoms with Crippen LogP contribution in [0.15, 0.2) is 18.3 Å². The summed E-state index contributed by atoms with van der Waals surface area (Å²) in [5, 5.41) is 9.42. The van der Waals surface area contributed by atoms with E-state index in [2.05, 4.69) is 25.5 Å². The molecule has 0 saturated heterocycles. The number of anilines is 1. The van der Waals surface area contributed by atoms with Crippen molar-refractivity contribution in [1.82, 2.24) is 20.2 Å². The number of nitrogens with zero attached hydrogens (tertiary/aromatic N) is 3. The number of aromatic nitrogens is 4. The number of rotatable bonds is 6. The van der Waals surface area contributed by atoms with Crippen molar-refractivity contribution in [2.24, 2.45) is 0 Å². The second-order valence-corrected chi connectivity index (χ2v) is 5.37. The molecule has 1 amide bonds. The van der Waals surface area contributed by atoms with E-state index < -0.39 is 0 Å². The molecule has 0 fully saturated rings. The largest absolute Gasteiger partial charge is 0.475 e. The van der Waals surface area contributed by atoms with Gasteiger partial charge in [0.15, 0.2) is 0 Å². The van der Waals surface area contributed by atoms with Gasteiger partial charge in [-0.05, 0) is 19.4 Å². The summed E-state index contributed by atoms with van der Waals surface area (Å²) in [6.07, 6.45) is 2.46. The van der Waals surface area contributed by atoms with Crippen LogP contribution in [-0.4, -0.2) is 32.2 Å². The Bertz CT molecular complexity index is 638. The van der Waals surface area contributed by atoms with Crippen LogP contribution in [0.25, 0.3) is 0 Å². The predicted octanol–water partition coefficient (Wildman–Crippen LogP) is 2.75. The molecule has 2 heterocycles. The molecular weight excluding hydrogens is 282 g/mol. The van der Waals surface area contributed by atoms with Crippen LogP contribution in [0.2, 0.25) is 0 Å². The monoisotopic (exact) mass is 303 g/mol. The van der Waals surface area contributed by atoms with Gasteiger partial charge >= 0.3 is 0 Å². The van der Waals surface area contributed by atoms with E-state index in [4.69, 9.17) is 4.74 Å². The molecule has 0 bridgehead atoms. The van der Waals surface area contributed by atoms with Gasteiger partial charge in [-0.15, -0.1) is 5.10 Å². The van der Waals surface area contributed by atoms with Gasteiger partial charge in [0.2, 0.25) is 11.8 Å². The first kappa shape index (κ1) is 15.9. The number of carbonyl (C=O) groups excluding carboxylic acids is 1. The second-order valence-electron chi connectivity index (χ2n) is 5.37. The minimum Gasteiger partial charge on any atom is -0.475 e. The molecule has 0 spiro atoms. The molecule has 0 aromatic carbocycles. The van der Waals surface area contributed by atoms with Crippen LogP contribution >= 0.6 is 0 Å². The minimum atomic E-state index is -0.300. The van der Waals surface area contributed by atoms with Crippen molar-refractivity contribution in [3.8, 4) is 5.88 Å². The average Bonchev–Trinajstić information content (AvgIpc) is 2.96. The van der Waals surface area contributed by atoms with Crippen LogP contribution in [0.5, 0.6) is 5.88 Å². The van der Waals surface area contributed by atoms with Crippen LogP contribution in [0.4, 0.5) is 5.95 Å². The number of carbonyl (C=O) groups is 1. The molecule has 7 heteroatoms. The molecule has 2 rings (SSSR count). The SMILES string of the molecule is CC[C@H](C)Oc1cc(C(=O)Nc2n[nH]c(C(C)C)n2)ccn1. The number of aromatic amines is 1. The molecule has 1 atom stereocenters. The maximum absolute atomic E-state index is 12.2. The topological polar surface area (TPSA) is 92.8 Å². The van der Waals surface area contributed by atoms with Gasteiger partial charge in [0.25, 0.3) is 5.91 Å². The molecule has 7 nitrogen and oxygen atoms in total. The summed E-state index contributed by atoms with van der Waals surface area (Å²) in [6, 6.07) is 3.23. The first-order chi connectivity index (χ1) is 10.5. The predicted molar refractivity (Wildman–Crippen MR) is 83.0 cm³/mol. The zero-order valence-corrected chi connectivity index (χ0v) is 13.3. The van der Waals surface area contributed by atoms with E-state index in [0.717, 1.165) is 12.2 Å². The van der Waals surface area contributed by atoms with Gasteiger partial charge in [-0.1, -0.05) is 20.8 Å². The number of H-pyrrole nitrogens is 1. The summed E-state index contributed by atoms with van der Waals surface area (Å²) in [7, 11) is 0. The van der Waals surface area contributed by atoms with E-state index in [1.54, 1.807) is 18.3 Å². The first-order valence-corrected chi connectivity index (χ1v) is 7.36. The fourth-order valence-corrected chi connectivity index (χ4v) is 1.67. The number of nitrogens with one attached hydrogen (secondary N) is 2. The van der Waals surface area contributed by atoms with Gasteiger partial charge in [-0.25, -0.2) is 4.98 Å². The number of hydrogen-bond acceptors (Lipinski definition) is 5. The minimum absolute atomic E-state index is 0.0485. The number of hydrogen-bond donors (Lipinski definition) is 2. The number of ether oxygens (including phenoxy) is 1. The lowest BCUT2D eigenvalue weighted by molar-refractivity contribution is 0.102. The maximum Gasteiger partial charge on any atom is 0.258 e. The van der Waals surface area contributed by atoms with Crippen molar-refractivity contribution in [3.05, 3.63) is 29.7 Å². The van der Waals surface area contributed by atoms with Crippen molar-refractivity contribution in [1.29, 1.82) is 0 Å². The van der Waals surface area contributed by atoms with Gasteiger partial charge in [0, 0.05) is 23.7 Å². The highest BCUT2D eigenvalue weighted by Gasteiger charge is 2.13. The Morgan fingerprint density at radius 2 is 2.18 bits per heavy atom. The lowest BCUT2D eigenvalue weighted by atomic mass is 10.2. The van der Waals surface area contributed by atoms with Crippen LogP contribution in [0.3, 0.4) is 0 Å². The molecule has 0 unspecified atom stereocenters. The summed E-state index contributed by atoms with van der Waals surface area (Å²) < 4.78 is 5.61. The first-order valence-electron chi connectivity index (χ1n) is 7.36. The summed E-state index contributed by atoms with van der Waals surface area (Å²) in [5.41, 5.74) is 0.448. The Labute approximate surface area is 129 Å². The Hall–Kier alpha value is -2.44. The molecular formula is C15H21N5O2. The summed E-state index contributed by atoms with van der Waals surface area (Å²) in [6.45, 7) is 7.97. The molecule has 0 radical (unpaired) electrons. The van der Waals surface area contributed by atoms with Crippen LogP contribution in [-0.2, 0) is 0 Å². The molecule has 0 aliphatic rings.